The minimum atomic E-state index is -0.224. The number of hydrogen-bond acceptors (Lipinski definition) is 3. The summed E-state index contributed by atoms with van der Waals surface area (Å²) in [5.74, 6) is 1.23. The van der Waals surface area contributed by atoms with Gasteiger partial charge in [-0.05, 0) is 39.3 Å². The number of alkyl halides is 1. The number of ether oxygens (including phenoxy) is 1. The van der Waals surface area contributed by atoms with Gasteiger partial charge in [0.05, 0.1) is 16.2 Å². The second-order valence-electron chi connectivity index (χ2n) is 6.26. The maximum Gasteiger partial charge on any atom is 0.147 e. The summed E-state index contributed by atoms with van der Waals surface area (Å²) in [6.45, 7) is 9.88. The molecule has 1 fully saturated rings. The highest BCUT2D eigenvalue weighted by Gasteiger charge is 2.39. The summed E-state index contributed by atoms with van der Waals surface area (Å²) in [4.78, 5) is 6.64. The fourth-order valence-corrected chi connectivity index (χ4v) is 3.17. The van der Waals surface area contributed by atoms with Crippen LogP contribution in [0.15, 0.2) is 12.3 Å². The van der Waals surface area contributed by atoms with Crippen molar-refractivity contribution in [3.63, 3.8) is 0 Å². The largest absolute Gasteiger partial charge is 0.366 e. The van der Waals surface area contributed by atoms with Crippen molar-refractivity contribution < 1.29 is 4.74 Å². The van der Waals surface area contributed by atoms with Crippen LogP contribution in [0, 0.1) is 0 Å². The van der Waals surface area contributed by atoms with Gasteiger partial charge in [0.25, 0.3) is 0 Å². The summed E-state index contributed by atoms with van der Waals surface area (Å²) < 4.78 is 6.06. The van der Waals surface area contributed by atoms with Crippen LogP contribution in [-0.2, 0) is 10.6 Å². The molecule has 19 heavy (non-hydrogen) atoms. The SMILES string of the molecule is CC1(C)CN(c2ncc(CCl)cc2Cl)CC(C)(C)O1. The topological polar surface area (TPSA) is 25.4 Å². The first-order valence-corrected chi connectivity index (χ1v) is 7.29. The van der Waals surface area contributed by atoms with E-state index in [-0.39, 0.29) is 11.2 Å². The summed E-state index contributed by atoms with van der Waals surface area (Å²) in [6.07, 6.45) is 1.78. The Labute approximate surface area is 124 Å². The van der Waals surface area contributed by atoms with Crippen LogP contribution in [0.25, 0.3) is 0 Å². The van der Waals surface area contributed by atoms with E-state index in [2.05, 4.69) is 37.6 Å². The van der Waals surface area contributed by atoms with Gasteiger partial charge in [0, 0.05) is 25.2 Å². The van der Waals surface area contributed by atoms with Crippen LogP contribution < -0.4 is 4.90 Å². The molecule has 0 bridgehead atoms. The Balaban J connectivity index is 2.31. The quantitative estimate of drug-likeness (QED) is 0.776. The molecular weight excluding hydrogens is 283 g/mol. The molecule has 106 valence electrons. The number of aromatic nitrogens is 1. The Morgan fingerprint density at radius 2 is 1.84 bits per heavy atom. The van der Waals surface area contributed by atoms with Crippen molar-refractivity contribution in [1.82, 2.24) is 4.98 Å². The van der Waals surface area contributed by atoms with Crippen molar-refractivity contribution in [3.8, 4) is 0 Å². The number of morpholine rings is 1. The third-order valence-corrected chi connectivity index (χ3v) is 3.61. The van der Waals surface area contributed by atoms with Crippen LogP contribution in [0.1, 0.15) is 33.3 Å². The van der Waals surface area contributed by atoms with E-state index in [1.807, 2.05) is 6.07 Å². The number of hydrogen-bond donors (Lipinski definition) is 0. The molecule has 0 radical (unpaired) electrons. The van der Waals surface area contributed by atoms with Crippen LogP contribution in [0.5, 0.6) is 0 Å². The van der Waals surface area contributed by atoms with Gasteiger partial charge in [0.2, 0.25) is 0 Å². The second-order valence-corrected chi connectivity index (χ2v) is 6.93. The van der Waals surface area contributed by atoms with E-state index in [0.717, 1.165) is 24.5 Å². The monoisotopic (exact) mass is 302 g/mol. The molecule has 5 heteroatoms. The van der Waals surface area contributed by atoms with Gasteiger partial charge < -0.3 is 9.64 Å². The van der Waals surface area contributed by atoms with Gasteiger partial charge in [-0.1, -0.05) is 11.6 Å². The summed E-state index contributed by atoms with van der Waals surface area (Å²) >= 11 is 12.1. The lowest BCUT2D eigenvalue weighted by Crippen LogP contribution is -2.57. The molecule has 1 aliphatic heterocycles. The zero-order chi connectivity index (χ0) is 14.3. The first-order chi connectivity index (χ1) is 8.72. The van der Waals surface area contributed by atoms with E-state index in [0.29, 0.717) is 10.9 Å². The average Bonchev–Trinajstić information content (AvgIpc) is 2.24. The van der Waals surface area contributed by atoms with Crippen molar-refractivity contribution in [2.45, 2.75) is 44.8 Å². The highest BCUT2D eigenvalue weighted by Crippen LogP contribution is 2.33. The lowest BCUT2D eigenvalue weighted by atomic mass is 9.99. The number of anilines is 1. The van der Waals surface area contributed by atoms with Gasteiger partial charge in [-0.25, -0.2) is 4.98 Å². The first kappa shape index (κ1) is 14.9. The van der Waals surface area contributed by atoms with Crippen LogP contribution >= 0.6 is 23.2 Å². The fourth-order valence-electron chi connectivity index (χ4n) is 2.71. The summed E-state index contributed by atoms with van der Waals surface area (Å²) in [6, 6.07) is 1.88. The molecule has 1 aromatic heterocycles. The van der Waals surface area contributed by atoms with Gasteiger partial charge in [0.1, 0.15) is 5.82 Å². The molecule has 0 saturated carbocycles. The highest BCUT2D eigenvalue weighted by atomic mass is 35.5. The third kappa shape index (κ3) is 3.53. The number of halogens is 2. The lowest BCUT2D eigenvalue weighted by molar-refractivity contribution is -0.133. The highest BCUT2D eigenvalue weighted by molar-refractivity contribution is 6.33. The third-order valence-electron chi connectivity index (χ3n) is 3.03. The van der Waals surface area contributed by atoms with Crippen LogP contribution in [0.2, 0.25) is 5.02 Å². The molecule has 0 amide bonds. The minimum absolute atomic E-state index is 0.224. The Hall–Kier alpha value is -0.510. The Morgan fingerprint density at radius 1 is 1.26 bits per heavy atom. The second kappa shape index (κ2) is 5.12. The molecule has 1 aliphatic rings. The average molecular weight is 303 g/mol. The fraction of sp³-hybridized carbons (Fsp3) is 0.643. The summed E-state index contributed by atoms with van der Waals surface area (Å²) in [5.41, 5.74) is 0.484. The maximum absolute atomic E-state index is 6.32. The Bertz CT molecular complexity index is 459. The number of nitrogens with zero attached hydrogens (tertiary/aromatic N) is 2. The molecule has 0 aromatic carbocycles. The zero-order valence-corrected chi connectivity index (χ0v) is 13.3. The van der Waals surface area contributed by atoms with Gasteiger partial charge >= 0.3 is 0 Å². The van der Waals surface area contributed by atoms with E-state index < -0.39 is 0 Å². The van der Waals surface area contributed by atoms with Crippen LogP contribution in [-0.4, -0.2) is 29.3 Å². The van der Waals surface area contributed by atoms with Crippen molar-refractivity contribution in [3.05, 3.63) is 22.8 Å². The molecule has 3 nitrogen and oxygen atoms in total. The molecule has 0 spiro atoms. The molecule has 2 rings (SSSR count). The Kier molecular flexibility index (Phi) is 4.01. The van der Waals surface area contributed by atoms with E-state index in [1.54, 1.807) is 6.20 Å². The van der Waals surface area contributed by atoms with Gasteiger partial charge in [-0.2, -0.15) is 0 Å². The summed E-state index contributed by atoms with van der Waals surface area (Å²) in [5, 5.41) is 0.645. The Morgan fingerprint density at radius 3 is 2.32 bits per heavy atom. The van der Waals surface area contributed by atoms with E-state index in [4.69, 9.17) is 27.9 Å². The van der Waals surface area contributed by atoms with Crippen LogP contribution in [0.4, 0.5) is 5.82 Å². The smallest absolute Gasteiger partial charge is 0.147 e. The van der Waals surface area contributed by atoms with E-state index in [1.165, 1.54) is 0 Å². The van der Waals surface area contributed by atoms with Gasteiger partial charge in [-0.15, -0.1) is 11.6 Å². The van der Waals surface area contributed by atoms with Gasteiger partial charge in [-0.3, -0.25) is 0 Å². The standard InChI is InChI=1S/C14H20Cl2N2O/c1-13(2)8-18(9-14(3,4)19-13)12-11(16)5-10(6-15)7-17-12/h5,7H,6,8-9H2,1-4H3. The molecule has 2 heterocycles. The van der Waals surface area contributed by atoms with Crippen LogP contribution in [0.3, 0.4) is 0 Å². The molecule has 0 aliphatic carbocycles. The molecule has 1 saturated heterocycles. The maximum atomic E-state index is 6.32. The lowest BCUT2D eigenvalue weighted by Gasteiger charge is -2.47. The number of pyridine rings is 1. The first-order valence-electron chi connectivity index (χ1n) is 6.38. The molecule has 0 atom stereocenters. The zero-order valence-electron chi connectivity index (χ0n) is 11.8. The molecule has 1 aromatic rings. The van der Waals surface area contributed by atoms with E-state index in [9.17, 15) is 0 Å². The minimum Gasteiger partial charge on any atom is -0.366 e. The molecule has 0 unspecified atom stereocenters. The summed E-state index contributed by atoms with van der Waals surface area (Å²) in [7, 11) is 0. The van der Waals surface area contributed by atoms with Crippen molar-refractivity contribution in [1.29, 1.82) is 0 Å². The van der Waals surface area contributed by atoms with Crippen molar-refractivity contribution in [2.75, 3.05) is 18.0 Å². The van der Waals surface area contributed by atoms with Crippen molar-refractivity contribution in [2.24, 2.45) is 0 Å². The van der Waals surface area contributed by atoms with Gasteiger partial charge in [0.15, 0.2) is 0 Å². The predicted octanol–water partition coefficient (Wildman–Crippen LogP) is 3.87. The van der Waals surface area contributed by atoms with E-state index >= 15 is 0 Å². The predicted molar refractivity (Wildman–Crippen MR) is 80.3 cm³/mol. The normalized spacial score (nSPS) is 21.5. The molecule has 0 N–H and O–H groups in total. The van der Waals surface area contributed by atoms with Crippen molar-refractivity contribution >= 4 is 29.0 Å². The molecular formula is C14H20Cl2N2O. The number of rotatable bonds is 2.